The zero-order chi connectivity index (χ0) is 14.8. The molecule has 0 aliphatic heterocycles. The van der Waals surface area contributed by atoms with Crippen molar-refractivity contribution in [1.29, 1.82) is 0 Å². The summed E-state index contributed by atoms with van der Waals surface area (Å²) < 4.78 is 4.41. The molecule has 19 heavy (non-hydrogen) atoms. The second-order valence-corrected chi connectivity index (χ2v) is 3.93. The zero-order valence-electron chi connectivity index (χ0n) is 10.8. The molecule has 0 atom stereocenters. The number of rotatable bonds is 6. The van der Waals surface area contributed by atoms with E-state index in [2.05, 4.69) is 11.3 Å². The van der Waals surface area contributed by atoms with Crippen molar-refractivity contribution in [2.24, 2.45) is 11.5 Å². The third-order valence-electron chi connectivity index (χ3n) is 2.23. The number of hydrogen-bond donors (Lipinski definition) is 4. The molecule has 0 amide bonds. The molecule has 0 spiro atoms. The maximum atomic E-state index is 10.3. The van der Waals surface area contributed by atoms with E-state index in [1.807, 2.05) is 0 Å². The van der Waals surface area contributed by atoms with Crippen molar-refractivity contribution in [2.75, 3.05) is 0 Å². The summed E-state index contributed by atoms with van der Waals surface area (Å²) in [7, 11) is 0. The molecule has 108 valence electrons. The zero-order valence-corrected chi connectivity index (χ0v) is 10.8. The van der Waals surface area contributed by atoms with Crippen LogP contribution < -0.4 is 11.5 Å². The molecule has 6 N–H and O–H groups in total. The number of carboxylic acid groups (broad SMARTS) is 2. The fraction of sp³-hybridized carbons (Fsp3) is 0.500. The van der Waals surface area contributed by atoms with Crippen LogP contribution in [0.1, 0.15) is 53.5 Å². The molecule has 0 fully saturated rings. The van der Waals surface area contributed by atoms with Crippen molar-refractivity contribution in [3.8, 4) is 0 Å². The van der Waals surface area contributed by atoms with E-state index in [1.165, 1.54) is 19.3 Å². The van der Waals surface area contributed by atoms with Gasteiger partial charge in [-0.05, 0) is 12.5 Å². The van der Waals surface area contributed by atoms with Crippen molar-refractivity contribution >= 4 is 11.9 Å². The summed E-state index contributed by atoms with van der Waals surface area (Å²) in [6.45, 7) is 2.17. The van der Waals surface area contributed by atoms with Gasteiger partial charge in [0.25, 0.3) is 0 Å². The second kappa shape index (κ2) is 9.12. The molecule has 1 aromatic heterocycles. The van der Waals surface area contributed by atoms with E-state index >= 15 is 0 Å². The Morgan fingerprint density at radius 3 is 2.26 bits per heavy atom. The van der Waals surface area contributed by atoms with E-state index in [0.29, 0.717) is 0 Å². The van der Waals surface area contributed by atoms with Gasteiger partial charge >= 0.3 is 11.9 Å². The molecule has 0 radical (unpaired) electrons. The molecular formula is C12H20N2O5. The van der Waals surface area contributed by atoms with E-state index in [9.17, 15) is 9.59 Å². The Bertz CT molecular complexity index is 372. The van der Waals surface area contributed by atoms with Crippen LogP contribution in [0.3, 0.4) is 0 Å². The molecule has 0 aliphatic carbocycles. The highest BCUT2D eigenvalue weighted by molar-refractivity contribution is 5.99. The average molecular weight is 272 g/mol. The van der Waals surface area contributed by atoms with Gasteiger partial charge in [-0.15, -0.1) is 0 Å². The Balaban J connectivity index is 0.000000362. The normalized spacial score (nSPS) is 9.89. The first kappa shape index (κ1) is 17.1. The van der Waals surface area contributed by atoms with Crippen molar-refractivity contribution < 1.29 is 24.2 Å². The fourth-order valence-electron chi connectivity index (χ4n) is 1.27. The summed E-state index contributed by atoms with van der Waals surface area (Å²) in [6, 6.07) is 1.09. The van der Waals surface area contributed by atoms with Crippen molar-refractivity contribution in [2.45, 2.75) is 38.8 Å². The first-order chi connectivity index (χ1) is 8.90. The van der Waals surface area contributed by atoms with E-state index in [4.69, 9.17) is 21.7 Å². The highest BCUT2D eigenvalue weighted by Crippen LogP contribution is 2.09. The van der Waals surface area contributed by atoms with Gasteiger partial charge in [0.2, 0.25) is 5.76 Å². The Morgan fingerprint density at radius 1 is 1.26 bits per heavy atom. The second-order valence-electron chi connectivity index (χ2n) is 3.93. The smallest absolute Gasteiger partial charge is 0.372 e. The van der Waals surface area contributed by atoms with Crippen LogP contribution in [-0.2, 0) is 0 Å². The lowest BCUT2D eigenvalue weighted by Crippen LogP contribution is -2.29. The van der Waals surface area contributed by atoms with Crippen LogP contribution in [-0.4, -0.2) is 28.3 Å². The van der Waals surface area contributed by atoms with Gasteiger partial charge in [-0.2, -0.15) is 0 Å². The van der Waals surface area contributed by atoms with Crippen LogP contribution in [0, 0.1) is 0 Å². The first-order valence-corrected chi connectivity index (χ1v) is 5.95. The molecule has 0 saturated carbocycles. The largest absolute Gasteiger partial charge is 0.478 e. The lowest BCUT2D eigenvalue weighted by molar-refractivity contribution is 0.0626. The van der Waals surface area contributed by atoms with Crippen LogP contribution in [0.15, 0.2) is 16.7 Å². The van der Waals surface area contributed by atoms with Crippen LogP contribution in [0.25, 0.3) is 0 Å². The molecule has 7 nitrogen and oxygen atoms in total. The predicted molar refractivity (Wildman–Crippen MR) is 68.9 cm³/mol. The minimum atomic E-state index is -1.38. The summed E-state index contributed by atoms with van der Waals surface area (Å²) in [4.78, 5) is 20.5. The van der Waals surface area contributed by atoms with E-state index in [1.54, 1.807) is 0 Å². The number of unbranched alkanes of at least 4 members (excludes halogenated alkanes) is 2. The number of carboxylic acids is 2. The van der Waals surface area contributed by atoms with Crippen LogP contribution >= 0.6 is 0 Å². The number of furan rings is 1. The minimum Gasteiger partial charge on any atom is -0.478 e. The Hall–Kier alpha value is -1.86. The van der Waals surface area contributed by atoms with E-state index < -0.39 is 17.7 Å². The van der Waals surface area contributed by atoms with Crippen LogP contribution in [0.2, 0.25) is 0 Å². The van der Waals surface area contributed by atoms with Crippen LogP contribution in [0.4, 0.5) is 0 Å². The molecule has 0 aromatic carbocycles. The number of nitrogens with two attached hydrogens (primary N) is 2. The molecule has 0 saturated heterocycles. The summed E-state index contributed by atoms with van der Waals surface area (Å²) >= 11 is 0. The van der Waals surface area contributed by atoms with Crippen molar-refractivity contribution in [1.82, 2.24) is 0 Å². The predicted octanol–water partition coefficient (Wildman–Crippen LogP) is 1.49. The van der Waals surface area contributed by atoms with Gasteiger partial charge in [0.1, 0.15) is 5.56 Å². The monoisotopic (exact) mass is 272 g/mol. The van der Waals surface area contributed by atoms with Gasteiger partial charge in [0.05, 0.1) is 12.4 Å². The van der Waals surface area contributed by atoms with Crippen molar-refractivity contribution in [3.63, 3.8) is 0 Å². The van der Waals surface area contributed by atoms with Gasteiger partial charge in [-0.1, -0.05) is 26.2 Å². The molecule has 1 aromatic rings. The summed E-state index contributed by atoms with van der Waals surface area (Å²) in [6.07, 6.45) is 5.56. The Labute approximate surface area is 111 Å². The molecule has 1 heterocycles. The number of carbonyl (C=O) groups is 2. The molecule has 0 aliphatic rings. The SMILES string of the molecule is CCCCCC(N)N.O=C(O)c1ccoc1C(=O)O. The Kier molecular flexibility index (Phi) is 8.23. The molecule has 7 heteroatoms. The molecule has 1 rings (SSSR count). The summed E-state index contributed by atoms with van der Waals surface area (Å²) in [5.74, 6) is -3.24. The topological polar surface area (TPSA) is 140 Å². The quantitative estimate of drug-likeness (QED) is 0.454. The van der Waals surface area contributed by atoms with Crippen LogP contribution in [0.5, 0.6) is 0 Å². The fourth-order valence-corrected chi connectivity index (χ4v) is 1.27. The maximum absolute atomic E-state index is 10.3. The molecule has 0 unspecified atom stereocenters. The summed E-state index contributed by atoms with van der Waals surface area (Å²) in [5, 5.41) is 16.7. The van der Waals surface area contributed by atoms with E-state index in [-0.39, 0.29) is 11.7 Å². The number of hydrogen-bond acceptors (Lipinski definition) is 5. The third kappa shape index (κ3) is 7.22. The minimum absolute atomic E-state index is 0.0958. The lowest BCUT2D eigenvalue weighted by Gasteiger charge is -2.01. The standard InChI is InChI=1S/C6H16N2.C6H4O5/c1-2-3-4-5-6(7)8;7-5(8)3-1-2-11-4(3)6(9)10/h6H,2-5,7-8H2,1H3;1-2H,(H,7,8)(H,9,10). The molecule has 0 bridgehead atoms. The van der Waals surface area contributed by atoms with Gasteiger partial charge < -0.3 is 26.1 Å². The molecular weight excluding hydrogens is 252 g/mol. The first-order valence-electron chi connectivity index (χ1n) is 5.95. The summed E-state index contributed by atoms with van der Waals surface area (Å²) in [5.41, 5.74) is 10.3. The number of aromatic carboxylic acids is 2. The highest BCUT2D eigenvalue weighted by Gasteiger charge is 2.18. The van der Waals surface area contributed by atoms with E-state index in [0.717, 1.165) is 18.8 Å². The maximum Gasteiger partial charge on any atom is 0.372 e. The Morgan fingerprint density at radius 2 is 1.89 bits per heavy atom. The van der Waals surface area contributed by atoms with Gasteiger partial charge in [0.15, 0.2) is 0 Å². The average Bonchev–Trinajstić information content (AvgIpc) is 2.78. The third-order valence-corrected chi connectivity index (χ3v) is 2.23. The van der Waals surface area contributed by atoms with Crippen molar-refractivity contribution in [3.05, 3.63) is 23.7 Å². The van der Waals surface area contributed by atoms with Gasteiger partial charge in [-0.25, -0.2) is 9.59 Å². The van der Waals surface area contributed by atoms with Gasteiger partial charge in [0, 0.05) is 0 Å². The van der Waals surface area contributed by atoms with Gasteiger partial charge in [-0.3, -0.25) is 0 Å². The highest BCUT2D eigenvalue weighted by atomic mass is 16.4. The lowest BCUT2D eigenvalue weighted by atomic mass is 10.2.